The van der Waals surface area contributed by atoms with Crippen LogP contribution in [0.25, 0.3) is 0 Å². The van der Waals surface area contributed by atoms with E-state index in [2.05, 4.69) is 10.6 Å². The summed E-state index contributed by atoms with van der Waals surface area (Å²) in [5.41, 5.74) is 0. The molecule has 0 aromatic rings. The van der Waals surface area contributed by atoms with Gasteiger partial charge in [0.2, 0.25) is 0 Å². The molecule has 0 aliphatic rings. The van der Waals surface area contributed by atoms with Gasteiger partial charge in [0.05, 0.1) is 0 Å². The van der Waals surface area contributed by atoms with Gasteiger partial charge in [-0.05, 0) is 44.8 Å². The largest absolute Gasteiger partial charge is 0.363 e. The molecule has 0 unspecified atom stereocenters. The van der Waals surface area contributed by atoms with E-state index in [1.807, 2.05) is 0 Å². The summed E-state index contributed by atoms with van der Waals surface area (Å²) in [6.45, 7) is 3.02. The van der Waals surface area contributed by atoms with Crippen LogP contribution in [0.1, 0.15) is 39.0 Å². The van der Waals surface area contributed by atoms with Crippen molar-refractivity contribution in [1.82, 2.24) is 10.6 Å². The molecule has 0 aliphatic carbocycles. The Kier molecular flexibility index (Phi) is 9.77. The number of rotatable bonds is 10. The molecule has 0 heterocycles. The van der Waals surface area contributed by atoms with E-state index in [4.69, 9.17) is 12.2 Å². The van der Waals surface area contributed by atoms with Crippen LogP contribution in [-0.4, -0.2) is 44.4 Å². The second kappa shape index (κ2) is 10.1. The second-order valence-electron chi connectivity index (χ2n) is 4.68. The molecule has 0 saturated heterocycles. The van der Waals surface area contributed by atoms with Crippen molar-refractivity contribution in [3.63, 3.8) is 0 Å². The van der Waals surface area contributed by atoms with Gasteiger partial charge in [0.1, 0.15) is 15.6 Å². The highest BCUT2D eigenvalue weighted by atomic mass is 32.2. The third-order valence-corrected chi connectivity index (χ3v) is 3.79. The molecule has 5 nitrogen and oxygen atoms in total. The number of sulfone groups is 1. The number of hydrogen-bond acceptors (Lipinski definition) is 4. The highest BCUT2D eigenvalue weighted by Crippen LogP contribution is 1.95. The van der Waals surface area contributed by atoms with Crippen molar-refractivity contribution < 1.29 is 13.2 Å². The van der Waals surface area contributed by atoms with E-state index < -0.39 is 9.84 Å². The summed E-state index contributed by atoms with van der Waals surface area (Å²) in [4.78, 5) is 10.7. The Labute approximate surface area is 121 Å². The Balaban J connectivity index is 3.38. The molecule has 0 rings (SSSR count). The minimum atomic E-state index is -2.86. The summed E-state index contributed by atoms with van der Waals surface area (Å²) in [6.07, 6.45) is 5.07. The molecule has 7 heteroatoms. The van der Waals surface area contributed by atoms with Crippen molar-refractivity contribution in [2.24, 2.45) is 0 Å². The Bertz CT molecular complexity index is 380. The average molecular weight is 308 g/mol. The van der Waals surface area contributed by atoms with Gasteiger partial charge in [-0.25, -0.2) is 8.42 Å². The lowest BCUT2D eigenvalue weighted by Gasteiger charge is -2.09. The first-order chi connectivity index (χ1) is 8.81. The number of hydrogen-bond donors (Lipinski definition) is 2. The SMILES string of the molecule is CC(=O)CCCCNC(=S)NCCCCS(C)(=O)=O. The molecule has 0 radical (unpaired) electrons. The normalized spacial score (nSPS) is 11.1. The lowest BCUT2D eigenvalue weighted by atomic mass is 10.2. The third-order valence-electron chi connectivity index (χ3n) is 2.47. The number of nitrogens with one attached hydrogen (secondary N) is 2. The molecule has 19 heavy (non-hydrogen) atoms. The molecule has 0 saturated carbocycles. The Morgan fingerprint density at radius 1 is 1.05 bits per heavy atom. The van der Waals surface area contributed by atoms with E-state index in [9.17, 15) is 13.2 Å². The molecule has 0 spiro atoms. The summed E-state index contributed by atoms with van der Waals surface area (Å²) in [5.74, 6) is 0.437. The Morgan fingerprint density at radius 2 is 1.58 bits per heavy atom. The molecule has 112 valence electrons. The Hall–Kier alpha value is -0.690. The lowest BCUT2D eigenvalue weighted by Crippen LogP contribution is -2.36. The predicted octanol–water partition coefficient (Wildman–Crippen LogP) is 1.03. The molecule has 0 bridgehead atoms. The van der Waals surface area contributed by atoms with Gasteiger partial charge in [0.25, 0.3) is 0 Å². The Morgan fingerprint density at radius 3 is 2.05 bits per heavy atom. The van der Waals surface area contributed by atoms with Crippen molar-refractivity contribution in [2.75, 3.05) is 25.1 Å². The van der Waals surface area contributed by atoms with Crippen molar-refractivity contribution in [2.45, 2.75) is 39.0 Å². The van der Waals surface area contributed by atoms with Gasteiger partial charge in [0.15, 0.2) is 5.11 Å². The fourth-order valence-electron chi connectivity index (χ4n) is 1.45. The lowest BCUT2D eigenvalue weighted by molar-refractivity contribution is -0.117. The molecule has 0 amide bonds. The van der Waals surface area contributed by atoms with E-state index in [1.165, 1.54) is 6.26 Å². The van der Waals surface area contributed by atoms with Gasteiger partial charge in [-0.15, -0.1) is 0 Å². The van der Waals surface area contributed by atoms with E-state index >= 15 is 0 Å². The second-order valence-corrected chi connectivity index (χ2v) is 7.35. The summed E-state index contributed by atoms with van der Waals surface area (Å²) < 4.78 is 21.8. The molecule has 0 aromatic heterocycles. The number of carbonyl (C=O) groups is 1. The molecular weight excluding hydrogens is 284 g/mol. The van der Waals surface area contributed by atoms with Crippen LogP contribution in [0.4, 0.5) is 0 Å². The smallest absolute Gasteiger partial charge is 0.166 e. The first-order valence-corrected chi connectivity index (χ1v) is 8.97. The van der Waals surface area contributed by atoms with Crippen LogP contribution in [0.3, 0.4) is 0 Å². The quantitative estimate of drug-likeness (QED) is 0.464. The van der Waals surface area contributed by atoms with E-state index in [0.29, 0.717) is 24.5 Å². The minimum Gasteiger partial charge on any atom is -0.363 e. The van der Waals surface area contributed by atoms with Gasteiger partial charge in [0, 0.05) is 31.5 Å². The first kappa shape index (κ1) is 18.3. The average Bonchev–Trinajstić information content (AvgIpc) is 2.26. The minimum absolute atomic E-state index is 0.214. The number of carbonyl (C=O) groups excluding carboxylic acids is 1. The van der Waals surface area contributed by atoms with Crippen LogP contribution >= 0.6 is 12.2 Å². The summed E-state index contributed by atoms with van der Waals surface area (Å²) in [5, 5.41) is 6.67. The molecule has 0 fully saturated rings. The zero-order valence-corrected chi connectivity index (χ0v) is 13.3. The summed E-state index contributed by atoms with van der Waals surface area (Å²) in [6, 6.07) is 0. The van der Waals surface area contributed by atoms with Crippen LogP contribution in [-0.2, 0) is 14.6 Å². The van der Waals surface area contributed by atoms with Gasteiger partial charge < -0.3 is 15.4 Å². The number of thiocarbonyl (C=S) groups is 1. The maximum absolute atomic E-state index is 10.9. The maximum Gasteiger partial charge on any atom is 0.166 e. The maximum atomic E-state index is 10.9. The van der Waals surface area contributed by atoms with Crippen molar-refractivity contribution in [1.29, 1.82) is 0 Å². The fraction of sp³-hybridized carbons (Fsp3) is 0.833. The van der Waals surface area contributed by atoms with Crippen LogP contribution < -0.4 is 10.6 Å². The highest BCUT2D eigenvalue weighted by Gasteiger charge is 2.01. The van der Waals surface area contributed by atoms with Crippen molar-refractivity contribution in [3.05, 3.63) is 0 Å². The van der Waals surface area contributed by atoms with Crippen LogP contribution in [0.5, 0.6) is 0 Å². The summed E-state index contributed by atoms with van der Waals surface area (Å²) >= 11 is 5.07. The van der Waals surface area contributed by atoms with E-state index in [1.54, 1.807) is 6.92 Å². The molecule has 2 N–H and O–H groups in total. The summed E-state index contributed by atoms with van der Waals surface area (Å²) in [7, 11) is -2.86. The third kappa shape index (κ3) is 15.3. The topological polar surface area (TPSA) is 75.3 Å². The van der Waals surface area contributed by atoms with Gasteiger partial charge >= 0.3 is 0 Å². The molecule has 0 aliphatic heterocycles. The zero-order valence-electron chi connectivity index (χ0n) is 11.7. The predicted molar refractivity (Wildman–Crippen MR) is 82.1 cm³/mol. The highest BCUT2D eigenvalue weighted by molar-refractivity contribution is 7.90. The van der Waals surface area contributed by atoms with Crippen LogP contribution in [0, 0.1) is 0 Å². The monoisotopic (exact) mass is 308 g/mol. The van der Waals surface area contributed by atoms with Gasteiger partial charge in [-0.1, -0.05) is 0 Å². The van der Waals surface area contributed by atoms with E-state index in [0.717, 1.165) is 25.8 Å². The fourth-order valence-corrected chi connectivity index (χ4v) is 2.39. The van der Waals surface area contributed by atoms with Gasteiger partial charge in [-0.2, -0.15) is 0 Å². The van der Waals surface area contributed by atoms with Gasteiger partial charge in [-0.3, -0.25) is 0 Å². The van der Waals surface area contributed by atoms with E-state index in [-0.39, 0.29) is 11.5 Å². The van der Waals surface area contributed by atoms with Crippen LogP contribution in [0.15, 0.2) is 0 Å². The molecule has 0 aromatic carbocycles. The number of ketones is 1. The van der Waals surface area contributed by atoms with Crippen LogP contribution in [0.2, 0.25) is 0 Å². The first-order valence-electron chi connectivity index (χ1n) is 6.50. The molecular formula is C12H24N2O3S2. The van der Waals surface area contributed by atoms with Crippen molar-refractivity contribution in [3.8, 4) is 0 Å². The molecule has 0 atom stereocenters. The van der Waals surface area contributed by atoms with Crippen molar-refractivity contribution >= 4 is 33.0 Å². The number of Topliss-reactive ketones (excluding diaryl/α,β-unsaturated/α-hetero) is 1. The zero-order chi connectivity index (χ0) is 14.7. The standard InChI is InChI=1S/C12H24N2O3S2/c1-11(15)7-3-4-8-13-12(18)14-9-5-6-10-19(2,16)17/h3-10H2,1-2H3,(H2,13,14,18). The number of unbranched alkanes of at least 4 members (excludes halogenated alkanes) is 2.